The molecule has 1 unspecified atom stereocenters. The third-order valence-corrected chi connectivity index (χ3v) is 8.41. The lowest BCUT2D eigenvalue weighted by atomic mass is 10.0. The van der Waals surface area contributed by atoms with E-state index in [-0.39, 0.29) is 17.6 Å². The molecule has 1 saturated carbocycles. The van der Waals surface area contributed by atoms with Crippen molar-refractivity contribution in [3.63, 3.8) is 0 Å². The first-order chi connectivity index (χ1) is 18.5. The van der Waals surface area contributed by atoms with Crippen LogP contribution in [0.2, 0.25) is 0 Å². The van der Waals surface area contributed by atoms with Crippen LogP contribution in [-0.2, 0) is 0 Å². The summed E-state index contributed by atoms with van der Waals surface area (Å²) in [6, 6.07) is 14.2. The SMILES string of the molecule is COc1ccc2cc(C(c3nnnn3C3CCCC3)N3CCN(c4cccc(C)c4C)CC3)c(=O)[nH]c2c1. The number of aromatic amines is 1. The van der Waals surface area contributed by atoms with Gasteiger partial charge >= 0.3 is 0 Å². The quantitative estimate of drug-likeness (QED) is 0.414. The van der Waals surface area contributed by atoms with E-state index in [1.165, 1.54) is 29.7 Å². The lowest BCUT2D eigenvalue weighted by Crippen LogP contribution is -2.49. The molecule has 4 aromatic rings. The number of fused-ring (bicyclic) bond motifs is 1. The molecule has 3 heterocycles. The second-order valence-corrected chi connectivity index (χ2v) is 10.6. The summed E-state index contributed by atoms with van der Waals surface area (Å²) in [5.41, 5.74) is 5.23. The highest BCUT2D eigenvalue weighted by molar-refractivity contribution is 5.80. The van der Waals surface area contributed by atoms with Gasteiger partial charge in [0.2, 0.25) is 0 Å². The zero-order valence-electron chi connectivity index (χ0n) is 22.4. The van der Waals surface area contributed by atoms with Crippen molar-refractivity contribution in [1.82, 2.24) is 30.1 Å². The van der Waals surface area contributed by atoms with E-state index in [1.54, 1.807) is 7.11 Å². The van der Waals surface area contributed by atoms with Gasteiger partial charge in [0.1, 0.15) is 11.8 Å². The normalized spacial score (nSPS) is 17.8. The molecule has 2 aliphatic rings. The number of nitrogens with one attached hydrogen (secondary N) is 1. The summed E-state index contributed by atoms with van der Waals surface area (Å²) >= 11 is 0. The fourth-order valence-corrected chi connectivity index (χ4v) is 6.11. The molecule has 0 amide bonds. The predicted molar refractivity (Wildman–Crippen MR) is 148 cm³/mol. The van der Waals surface area contributed by atoms with E-state index in [0.717, 1.165) is 55.7 Å². The highest BCUT2D eigenvalue weighted by Crippen LogP contribution is 2.35. The highest BCUT2D eigenvalue weighted by Gasteiger charge is 2.35. The average molecular weight is 514 g/mol. The van der Waals surface area contributed by atoms with Gasteiger partial charge < -0.3 is 14.6 Å². The molecule has 1 aliphatic heterocycles. The summed E-state index contributed by atoms with van der Waals surface area (Å²) in [7, 11) is 1.63. The molecule has 1 aliphatic carbocycles. The van der Waals surface area contributed by atoms with Gasteiger partial charge in [0.25, 0.3) is 5.56 Å². The molecule has 1 saturated heterocycles. The molecule has 0 radical (unpaired) electrons. The van der Waals surface area contributed by atoms with Crippen LogP contribution in [-0.4, -0.2) is 63.4 Å². The molecule has 198 valence electrons. The summed E-state index contributed by atoms with van der Waals surface area (Å²) in [5, 5.41) is 14.0. The molecular formula is C29H35N7O2. The third kappa shape index (κ3) is 4.45. The summed E-state index contributed by atoms with van der Waals surface area (Å²) < 4.78 is 7.36. The van der Waals surface area contributed by atoms with E-state index >= 15 is 0 Å². The number of tetrazole rings is 1. The Kier molecular flexibility index (Phi) is 6.61. The van der Waals surface area contributed by atoms with Crippen LogP contribution >= 0.6 is 0 Å². The number of hydrogen-bond donors (Lipinski definition) is 1. The Balaban J connectivity index is 1.38. The summed E-state index contributed by atoms with van der Waals surface area (Å²) in [4.78, 5) is 21.5. The van der Waals surface area contributed by atoms with Gasteiger partial charge in [-0.3, -0.25) is 9.69 Å². The Hall–Kier alpha value is -3.72. The maximum Gasteiger partial charge on any atom is 0.253 e. The second kappa shape index (κ2) is 10.2. The number of hydrogen-bond acceptors (Lipinski definition) is 7. The average Bonchev–Trinajstić information content (AvgIpc) is 3.63. The molecule has 9 heteroatoms. The number of piperazine rings is 1. The van der Waals surface area contributed by atoms with Crippen molar-refractivity contribution in [2.45, 2.75) is 51.6 Å². The molecule has 38 heavy (non-hydrogen) atoms. The highest BCUT2D eigenvalue weighted by atomic mass is 16.5. The first kappa shape index (κ1) is 24.6. The van der Waals surface area contributed by atoms with Crippen LogP contribution in [0.5, 0.6) is 5.75 Å². The molecule has 2 fully saturated rings. The molecular weight excluding hydrogens is 478 g/mol. The number of benzene rings is 2. The van der Waals surface area contributed by atoms with E-state index in [4.69, 9.17) is 4.74 Å². The van der Waals surface area contributed by atoms with Crippen molar-refractivity contribution >= 4 is 16.6 Å². The van der Waals surface area contributed by atoms with Crippen molar-refractivity contribution in [2.24, 2.45) is 0 Å². The topological polar surface area (TPSA) is 92.2 Å². The Labute approximate surface area is 222 Å². The zero-order valence-corrected chi connectivity index (χ0v) is 22.4. The van der Waals surface area contributed by atoms with Gasteiger partial charge in [-0.15, -0.1) is 5.10 Å². The van der Waals surface area contributed by atoms with E-state index in [9.17, 15) is 4.79 Å². The molecule has 1 atom stereocenters. The van der Waals surface area contributed by atoms with Gasteiger partial charge in [0, 0.05) is 43.5 Å². The van der Waals surface area contributed by atoms with Gasteiger partial charge in [-0.05, 0) is 77.9 Å². The maximum absolute atomic E-state index is 13.6. The van der Waals surface area contributed by atoms with Crippen molar-refractivity contribution < 1.29 is 4.74 Å². The van der Waals surface area contributed by atoms with Gasteiger partial charge in [-0.1, -0.05) is 25.0 Å². The Bertz CT molecular complexity index is 1500. The van der Waals surface area contributed by atoms with Gasteiger partial charge in [0.05, 0.1) is 18.7 Å². The first-order valence-corrected chi connectivity index (χ1v) is 13.6. The van der Waals surface area contributed by atoms with Crippen LogP contribution in [0.1, 0.15) is 60.3 Å². The Morgan fingerprint density at radius 1 is 1.03 bits per heavy atom. The number of aromatic nitrogens is 5. The van der Waals surface area contributed by atoms with Crippen LogP contribution in [0.3, 0.4) is 0 Å². The third-order valence-electron chi connectivity index (χ3n) is 8.41. The summed E-state index contributed by atoms with van der Waals surface area (Å²) in [6.07, 6.45) is 4.50. The van der Waals surface area contributed by atoms with Crippen LogP contribution in [0.4, 0.5) is 5.69 Å². The minimum atomic E-state index is -0.332. The van der Waals surface area contributed by atoms with Crippen LogP contribution in [0, 0.1) is 13.8 Å². The molecule has 6 rings (SSSR count). The lowest BCUT2D eigenvalue weighted by molar-refractivity contribution is 0.196. The molecule has 1 N–H and O–H groups in total. The van der Waals surface area contributed by atoms with Gasteiger partial charge in [-0.2, -0.15) is 0 Å². The van der Waals surface area contributed by atoms with Crippen molar-refractivity contribution in [3.05, 3.63) is 75.3 Å². The Morgan fingerprint density at radius 3 is 2.58 bits per heavy atom. The lowest BCUT2D eigenvalue weighted by Gasteiger charge is -2.40. The molecule has 0 spiro atoms. The van der Waals surface area contributed by atoms with Crippen molar-refractivity contribution in [2.75, 3.05) is 38.2 Å². The fourth-order valence-electron chi connectivity index (χ4n) is 6.11. The first-order valence-electron chi connectivity index (χ1n) is 13.6. The number of ether oxygens (including phenoxy) is 1. The number of methoxy groups -OCH3 is 1. The molecule has 9 nitrogen and oxygen atoms in total. The van der Waals surface area contributed by atoms with E-state index in [2.05, 4.69) is 62.4 Å². The number of aryl methyl sites for hydroxylation is 1. The molecule has 2 aromatic carbocycles. The number of rotatable bonds is 6. The van der Waals surface area contributed by atoms with E-state index in [1.807, 2.05) is 28.9 Å². The largest absolute Gasteiger partial charge is 0.497 e. The Morgan fingerprint density at radius 2 is 1.82 bits per heavy atom. The van der Waals surface area contributed by atoms with E-state index < -0.39 is 0 Å². The molecule has 2 aromatic heterocycles. The van der Waals surface area contributed by atoms with Crippen molar-refractivity contribution in [1.29, 1.82) is 0 Å². The fraction of sp³-hybridized carbons (Fsp3) is 0.448. The molecule has 0 bridgehead atoms. The smallest absolute Gasteiger partial charge is 0.253 e. The number of pyridine rings is 1. The van der Waals surface area contributed by atoms with Crippen molar-refractivity contribution in [3.8, 4) is 5.75 Å². The maximum atomic E-state index is 13.6. The van der Waals surface area contributed by atoms with Crippen LogP contribution in [0.15, 0.2) is 47.3 Å². The van der Waals surface area contributed by atoms with Gasteiger partial charge in [0.15, 0.2) is 5.82 Å². The summed E-state index contributed by atoms with van der Waals surface area (Å²) in [6.45, 7) is 7.70. The monoisotopic (exact) mass is 513 g/mol. The standard InChI is InChI=1S/C29H35N7O2/c1-19-7-6-10-26(20(19)2)34-13-15-35(16-14-34)27(28-31-32-33-36(28)22-8-4-5-9-22)24-17-21-11-12-23(38-3)18-25(21)30-29(24)37/h6-7,10-12,17-18,22,27H,4-5,8-9,13-16H2,1-3H3,(H,30,37). The number of nitrogens with zero attached hydrogens (tertiary/aromatic N) is 6. The zero-order chi connectivity index (χ0) is 26.2. The van der Waals surface area contributed by atoms with Crippen LogP contribution in [0.25, 0.3) is 10.9 Å². The van der Waals surface area contributed by atoms with Gasteiger partial charge in [-0.25, -0.2) is 4.68 Å². The number of H-pyrrole nitrogens is 1. The number of anilines is 1. The van der Waals surface area contributed by atoms with Crippen LogP contribution < -0.4 is 15.2 Å². The second-order valence-electron chi connectivity index (χ2n) is 10.6. The predicted octanol–water partition coefficient (Wildman–Crippen LogP) is 4.17. The summed E-state index contributed by atoms with van der Waals surface area (Å²) in [5.74, 6) is 1.47. The van der Waals surface area contributed by atoms with E-state index in [0.29, 0.717) is 11.3 Å². The minimum absolute atomic E-state index is 0.117. The minimum Gasteiger partial charge on any atom is -0.497 e.